The number of fused-ring (bicyclic) bond motifs is 1. The molecule has 0 aliphatic carbocycles. The first-order valence-corrected chi connectivity index (χ1v) is 11.7. The SMILES string of the molecule is COc1cc([C@H]2C(C(=O)Nc3ccccc3)=C(C)Nc3ncnn32)ccc1OCc1ccc(Cl)cc1. The summed E-state index contributed by atoms with van der Waals surface area (Å²) in [4.78, 5) is 17.8. The smallest absolute Gasteiger partial charge is 0.255 e. The zero-order chi connectivity index (χ0) is 25.1. The van der Waals surface area contributed by atoms with Crippen LogP contribution in [0.2, 0.25) is 5.02 Å². The lowest BCUT2D eigenvalue weighted by Gasteiger charge is -2.29. The second-order valence-electron chi connectivity index (χ2n) is 8.24. The van der Waals surface area contributed by atoms with Gasteiger partial charge in [0.1, 0.15) is 19.0 Å². The number of carbonyl (C=O) groups excluding carboxylic acids is 1. The van der Waals surface area contributed by atoms with Crippen molar-refractivity contribution in [2.75, 3.05) is 17.7 Å². The van der Waals surface area contributed by atoms with Gasteiger partial charge in [-0.2, -0.15) is 10.1 Å². The van der Waals surface area contributed by atoms with E-state index in [0.717, 1.165) is 11.1 Å². The van der Waals surface area contributed by atoms with Crippen molar-refractivity contribution in [3.8, 4) is 11.5 Å². The van der Waals surface area contributed by atoms with Gasteiger partial charge in [0.2, 0.25) is 5.95 Å². The van der Waals surface area contributed by atoms with E-state index in [1.165, 1.54) is 6.33 Å². The van der Waals surface area contributed by atoms with E-state index in [0.29, 0.717) is 46.0 Å². The number of hydrogen-bond donors (Lipinski definition) is 2. The maximum atomic E-state index is 13.5. The van der Waals surface area contributed by atoms with Gasteiger partial charge >= 0.3 is 0 Å². The number of methoxy groups -OCH3 is 1. The van der Waals surface area contributed by atoms with E-state index in [2.05, 4.69) is 20.7 Å². The lowest BCUT2D eigenvalue weighted by atomic mass is 9.94. The zero-order valence-corrected chi connectivity index (χ0v) is 20.5. The number of halogens is 1. The second kappa shape index (κ2) is 10.1. The number of carbonyl (C=O) groups is 1. The molecule has 0 fully saturated rings. The van der Waals surface area contributed by atoms with Gasteiger partial charge in [-0.25, -0.2) is 4.68 Å². The highest BCUT2D eigenvalue weighted by atomic mass is 35.5. The lowest BCUT2D eigenvalue weighted by Crippen LogP contribution is -2.31. The van der Waals surface area contributed by atoms with Gasteiger partial charge in [0.15, 0.2) is 11.5 Å². The maximum absolute atomic E-state index is 13.5. The first-order chi connectivity index (χ1) is 17.5. The first kappa shape index (κ1) is 23.4. The van der Waals surface area contributed by atoms with Crippen LogP contribution in [0, 0.1) is 0 Å². The molecule has 8 nitrogen and oxygen atoms in total. The van der Waals surface area contributed by atoms with Gasteiger partial charge in [-0.1, -0.05) is 48.0 Å². The Labute approximate surface area is 213 Å². The predicted molar refractivity (Wildman–Crippen MR) is 138 cm³/mol. The summed E-state index contributed by atoms with van der Waals surface area (Å²) >= 11 is 5.98. The fourth-order valence-corrected chi connectivity index (χ4v) is 4.25. The predicted octanol–water partition coefficient (Wildman–Crippen LogP) is 5.45. The number of hydrogen-bond acceptors (Lipinski definition) is 6. The number of nitrogens with zero attached hydrogens (tertiary/aromatic N) is 3. The van der Waals surface area contributed by atoms with Crippen LogP contribution in [0.1, 0.15) is 24.1 Å². The molecule has 1 atom stereocenters. The van der Waals surface area contributed by atoms with E-state index in [9.17, 15) is 4.79 Å². The highest BCUT2D eigenvalue weighted by Crippen LogP contribution is 2.39. The van der Waals surface area contributed by atoms with Crippen molar-refractivity contribution in [2.24, 2.45) is 0 Å². The van der Waals surface area contributed by atoms with Crippen LogP contribution < -0.4 is 20.1 Å². The van der Waals surface area contributed by atoms with Gasteiger partial charge in [0, 0.05) is 16.4 Å². The number of ether oxygens (including phenoxy) is 2. The number of anilines is 2. The molecule has 0 unspecified atom stereocenters. The van der Waals surface area contributed by atoms with Crippen molar-refractivity contribution >= 4 is 29.1 Å². The Morgan fingerprint density at radius 1 is 1.08 bits per heavy atom. The van der Waals surface area contributed by atoms with Gasteiger partial charge in [-0.15, -0.1) is 0 Å². The number of allylic oxidation sites excluding steroid dienone is 1. The second-order valence-corrected chi connectivity index (χ2v) is 8.68. The Morgan fingerprint density at radius 3 is 2.61 bits per heavy atom. The van der Waals surface area contributed by atoms with Crippen LogP contribution in [0.3, 0.4) is 0 Å². The summed E-state index contributed by atoms with van der Waals surface area (Å²) in [5.41, 5.74) is 3.70. The van der Waals surface area contributed by atoms with Crippen LogP contribution in [0.25, 0.3) is 0 Å². The fraction of sp³-hybridized carbons (Fsp3) is 0.148. The molecular formula is C27H24ClN5O3. The van der Waals surface area contributed by atoms with Gasteiger partial charge in [-0.05, 0) is 54.4 Å². The number of benzene rings is 3. The van der Waals surface area contributed by atoms with Crippen LogP contribution >= 0.6 is 11.6 Å². The summed E-state index contributed by atoms with van der Waals surface area (Å²) in [5.74, 6) is 1.44. The lowest BCUT2D eigenvalue weighted by molar-refractivity contribution is -0.113. The molecule has 1 aromatic heterocycles. The van der Waals surface area contributed by atoms with E-state index < -0.39 is 6.04 Å². The minimum atomic E-state index is -0.522. The number of para-hydroxylation sites is 1. The summed E-state index contributed by atoms with van der Waals surface area (Å²) in [6.07, 6.45) is 1.46. The topological polar surface area (TPSA) is 90.3 Å². The molecule has 5 rings (SSSR count). The van der Waals surface area contributed by atoms with E-state index in [1.807, 2.05) is 79.7 Å². The Morgan fingerprint density at radius 2 is 1.86 bits per heavy atom. The van der Waals surface area contributed by atoms with Crippen molar-refractivity contribution in [2.45, 2.75) is 19.6 Å². The normalized spacial score (nSPS) is 14.6. The van der Waals surface area contributed by atoms with Crippen LogP contribution in [-0.2, 0) is 11.4 Å². The summed E-state index contributed by atoms with van der Waals surface area (Å²) in [7, 11) is 1.59. The van der Waals surface area contributed by atoms with Crippen molar-refractivity contribution in [1.82, 2.24) is 14.8 Å². The monoisotopic (exact) mass is 501 g/mol. The third-order valence-corrected chi connectivity index (χ3v) is 6.13. The van der Waals surface area contributed by atoms with Gasteiger partial charge in [0.05, 0.1) is 12.7 Å². The third-order valence-electron chi connectivity index (χ3n) is 5.88. The molecule has 182 valence electrons. The average Bonchev–Trinajstić information content (AvgIpc) is 3.36. The molecule has 1 amide bonds. The average molecular weight is 502 g/mol. The van der Waals surface area contributed by atoms with Crippen LogP contribution in [0.4, 0.5) is 11.6 Å². The third kappa shape index (κ3) is 4.76. The van der Waals surface area contributed by atoms with E-state index in [-0.39, 0.29) is 5.91 Å². The Hall–Kier alpha value is -4.30. The van der Waals surface area contributed by atoms with Gasteiger partial charge in [0.25, 0.3) is 5.91 Å². The Balaban J connectivity index is 1.47. The number of aromatic nitrogens is 3. The largest absolute Gasteiger partial charge is 0.493 e. The molecule has 2 N–H and O–H groups in total. The minimum absolute atomic E-state index is 0.237. The van der Waals surface area contributed by atoms with Gasteiger partial charge in [-0.3, -0.25) is 4.79 Å². The fourth-order valence-electron chi connectivity index (χ4n) is 4.13. The standard InChI is InChI=1S/C27H24ClN5O3/c1-17-24(26(34)32-21-6-4-3-5-7-21)25(33-27(31-17)29-16-30-33)19-10-13-22(23(14-19)35-2)36-15-18-8-11-20(28)12-9-18/h3-14,16,25H,15H2,1-2H3,(H,32,34)(H,29,30,31)/t25-/m0/s1. The first-order valence-electron chi connectivity index (χ1n) is 11.3. The van der Waals surface area contributed by atoms with Gasteiger partial charge < -0.3 is 20.1 Å². The molecule has 1 aliphatic heterocycles. The molecule has 1 aliphatic rings. The maximum Gasteiger partial charge on any atom is 0.255 e. The molecule has 0 spiro atoms. The molecule has 2 heterocycles. The van der Waals surface area contributed by atoms with E-state index >= 15 is 0 Å². The molecule has 3 aromatic carbocycles. The number of amides is 1. The minimum Gasteiger partial charge on any atom is -0.493 e. The molecule has 9 heteroatoms. The highest BCUT2D eigenvalue weighted by Gasteiger charge is 2.34. The summed E-state index contributed by atoms with van der Waals surface area (Å²) in [6, 6.07) is 21.9. The highest BCUT2D eigenvalue weighted by molar-refractivity contribution is 6.30. The van der Waals surface area contributed by atoms with Crippen molar-refractivity contribution < 1.29 is 14.3 Å². The van der Waals surface area contributed by atoms with Crippen LogP contribution in [0.5, 0.6) is 11.5 Å². The number of nitrogens with one attached hydrogen (secondary N) is 2. The van der Waals surface area contributed by atoms with Crippen molar-refractivity contribution in [3.63, 3.8) is 0 Å². The molecule has 0 radical (unpaired) electrons. The molecule has 0 saturated heterocycles. The van der Waals surface area contributed by atoms with E-state index in [4.69, 9.17) is 21.1 Å². The van der Waals surface area contributed by atoms with Crippen molar-refractivity contribution in [1.29, 1.82) is 0 Å². The summed E-state index contributed by atoms with van der Waals surface area (Å²) in [6.45, 7) is 2.21. The van der Waals surface area contributed by atoms with Crippen LogP contribution in [0.15, 0.2) is 90.4 Å². The summed E-state index contributed by atoms with van der Waals surface area (Å²) < 4.78 is 13.4. The molecular weight excluding hydrogens is 478 g/mol. The quantitative estimate of drug-likeness (QED) is 0.350. The molecule has 4 aromatic rings. The molecule has 0 bridgehead atoms. The van der Waals surface area contributed by atoms with E-state index in [1.54, 1.807) is 11.8 Å². The van der Waals surface area contributed by atoms with Crippen LogP contribution in [-0.4, -0.2) is 27.8 Å². The number of rotatable bonds is 7. The molecule has 0 saturated carbocycles. The summed E-state index contributed by atoms with van der Waals surface area (Å²) in [5, 5.41) is 11.2. The zero-order valence-electron chi connectivity index (χ0n) is 19.7. The van der Waals surface area contributed by atoms with Crippen molar-refractivity contribution in [3.05, 3.63) is 107 Å². The Kier molecular flexibility index (Phi) is 6.60. The Bertz CT molecular complexity index is 1420. The molecule has 36 heavy (non-hydrogen) atoms.